The lowest BCUT2D eigenvalue weighted by atomic mass is 10.3. The van der Waals surface area contributed by atoms with E-state index in [0.717, 1.165) is 0 Å². The minimum Gasteiger partial charge on any atom is -0.484 e. The van der Waals surface area contributed by atoms with Gasteiger partial charge in [-0.15, -0.1) is 0 Å². The van der Waals surface area contributed by atoms with Crippen molar-refractivity contribution in [3.63, 3.8) is 0 Å². The Labute approximate surface area is 185 Å². The van der Waals surface area contributed by atoms with Gasteiger partial charge in [-0.25, -0.2) is 8.42 Å². The first-order valence-electron chi connectivity index (χ1n) is 9.02. The van der Waals surface area contributed by atoms with Crippen molar-refractivity contribution in [2.24, 2.45) is 0 Å². The lowest BCUT2D eigenvalue weighted by Crippen LogP contribution is -2.40. The number of carbonyl (C=O) groups is 1. The molecule has 3 rings (SSSR count). The first-order chi connectivity index (χ1) is 14.3. The maximum atomic E-state index is 12.6. The maximum absolute atomic E-state index is 12.6. The number of nitrogens with one attached hydrogen (secondary N) is 2. The van der Waals surface area contributed by atoms with Crippen LogP contribution in [0.1, 0.15) is 0 Å². The number of halogens is 1. The van der Waals surface area contributed by atoms with Gasteiger partial charge in [0.2, 0.25) is 10.0 Å². The monoisotopic (exact) mass is 469 g/mol. The Balaban J connectivity index is 1.50. The number of hydrogen-bond donors (Lipinski definition) is 2. The smallest absolute Gasteiger partial charge is 0.264 e. The second-order valence-electron chi connectivity index (χ2n) is 6.29. The first-order valence-corrected chi connectivity index (χ1v) is 11.2. The Kier molecular flexibility index (Phi) is 7.62. The van der Waals surface area contributed by atoms with Gasteiger partial charge in [0.25, 0.3) is 5.91 Å². The normalized spacial score (nSPS) is 14.7. The summed E-state index contributed by atoms with van der Waals surface area (Å²) in [5, 5.41) is 5.97. The molecular weight excluding hydrogens is 450 g/mol. The molecular formula is C19H20ClN3O5S2. The predicted octanol–water partition coefficient (Wildman–Crippen LogP) is 2.25. The molecule has 0 saturated carbocycles. The van der Waals surface area contributed by atoms with Crippen molar-refractivity contribution < 1.29 is 22.7 Å². The summed E-state index contributed by atoms with van der Waals surface area (Å²) in [7, 11) is -3.56. The van der Waals surface area contributed by atoms with Crippen LogP contribution in [0.4, 0.5) is 5.69 Å². The van der Waals surface area contributed by atoms with E-state index in [1.54, 1.807) is 36.4 Å². The molecule has 0 aromatic heterocycles. The van der Waals surface area contributed by atoms with Gasteiger partial charge in [-0.05, 0) is 60.7 Å². The number of ether oxygens (including phenoxy) is 2. The molecule has 2 aromatic rings. The van der Waals surface area contributed by atoms with Crippen LogP contribution in [0.5, 0.6) is 5.75 Å². The molecule has 0 aliphatic carbocycles. The van der Waals surface area contributed by atoms with Gasteiger partial charge in [0.05, 0.1) is 18.1 Å². The van der Waals surface area contributed by atoms with Crippen molar-refractivity contribution in [3.05, 3.63) is 53.6 Å². The zero-order valence-electron chi connectivity index (χ0n) is 15.8. The van der Waals surface area contributed by atoms with Gasteiger partial charge in [0.15, 0.2) is 11.7 Å². The summed E-state index contributed by atoms with van der Waals surface area (Å²) in [6.07, 6.45) is 0. The molecule has 1 saturated heterocycles. The van der Waals surface area contributed by atoms with Crippen molar-refractivity contribution in [1.82, 2.24) is 9.62 Å². The summed E-state index contributed by atoms with van der Waals surface area (Å²) in [6, 6.07) is 12.7. The van der Waals surface area contributed by atoms with E-state index >= 15 is 0 Å². The molecule has 0 radical (unpaired) electrons. The second kappa shape index (κ2) is 10.2. The molecule has 8 nitrogen and oxygen atoms in total. The maximum Gasteiger partial charge on any atom is 0.264 e. The van der Waals surface area contributed by atoms with Crippen LogP contribution in [0.2, 0.25) is 5.02 Å². The highest BCUT2D eigenvalue weighted by atomic mass is 35.5. The van der Waals surface area contributed by atoms with Crippen LogP contribution in [0, 0.1) is 0 Å². The minimum absolute atomic E-state index is 0.0727. The molecule has 11 heteroatoms. The van der Waals surface area contributed by atoms with Crippen molar-refractivity contribution in [2.75, 3.05) is 38.2 Å². The predicted molar refractivity (Wildman–Crippen MR) is 117 cm³/mol. The van der Waals surface area contributed by atoms with Gasteiger partial charge in [0.1, 0.15) is 5.75 Å². The second-order valence-corrected chi connectivity index (χ2v) is 9.07. The fourth-order valence-corrected chi connectivity index (χ4v) is 4.42. The standard InChI is InChI=1S/C19H20ClN3O5S2/c20-14-1-5-16(6-2-14)28-13-18(24)22-19(29)21-15-3-7-17(8-4-15)30(25,26)23-9-11-27-12-10-23/h1-8H,9-13H2,(H2,21,22,24,29). The van der Waals surface area contributed by atoms with E-state index in [-0.39, 0.29) is 16.6 Å². The lowest BCUT2D eigenvalue weighted by Gasteiger charge is -2.26. The molecule has 160 valence electrons. The van der Waals surface area contributed by atoms with Gasteiger partial charge >= 0.3 is 0 Å². The highest BCUT2D eigenvalue weighted by Gasteiger charge is 2.26. The highest BCUT2D eigenvalue weighted by Crippen LogP contribution is 2.19. The minimum atomic E-state index is -3.56. The zero-order valence-corrected chi connectivity index (χ0v) is 18.2. The van der Waals surface area contributed by atoms with Crippen molar-refractivity contribution in [2.45, 2.75) is 4.90 Å². The van der Waals surface area contributed by atoms with Crippen molar-refractivity contribution >= 4 is 50.5 Å². The van der Waals surface area contributed by atoms with E-state index in [1.165, 1.54) is 16.4 Å². The summed E-state index contributed by atoms with van der Waals surface area (Å²) < 4.78 is 37.2. The summed E-state index contributed by atoms with van der Waals surface area (Å²) >= 11 is 10.9. The number of rotatable bonds is 6. The van der Waals surface area contributed by atoms with Crippen LogP contribution in [0.15, 0.2) is 53.4 Å². The van der Waals surface area contributed by atoms with E-state index in [1.807, 2.05) is 0 Å². The summed E-state index contributed by atoms with van der Waals surface area (Å²) in [5.74, 6) is 0.0689. The number of thiocarbonyl (C=S) groups is 1. The van der Waals surface area contributed by atoms with Crippen LogP contribution < -0.4 is 15.4 Å². The molecule has 1 aliphatic rings. The molecule has 0 unspecified atom stereocenters. The van der Waals surface area contributed by atoms with E-state index in [0.29, 0.717) is 42.8 Å². The first kappa shape index (κ1) is 22.4. The third-order valence-electron chi connectivity index (χ3n) is 4.16. The number of hydrogen-bond acceptors (Lipinski definition) is 6. The van der Waals surface area contributed by atoms with Crippen LogP contribution in [0.25, 0.3) is 0 Å². The van der Waals surface area contributed by atoms with Gasteiger partial charge < -0.3 is 14.8 Å². The Hall–Kier alpha value is -2.24. The van der Waals surface area contributed by atoms with Gasteiger partial charge in [0, 0.05) is 23.8 Å². The molecule has 1 aliphatic heterocycles. The van der Waals surface area contributed by atoms with Gasteiger partial charge in [-0.2, -0.15) is 4.31 Å². The number of benzene rings is 2. The molecule has 1 heterocycles. The molecule has 0 spiro atoms. The molecule has 1 amide bonds. The Morgan fingerprint density at radius 2 is 1.73 bits per heavy atom. The topological polar surface area (TPSA) is 97.0 Å². The summed E-state index contributed by atoms with van der Waals surface area (Å²) in [6.45, 7) is 1.20. The quantitative estimate of drug-likeness (QED) is 0.626. The van der Waals surface area contributed by atoms with E-state index in [2.05, 4.69) is 10.6 Å². The highest BCUT2D eigenvalue weighted by molar-refractivity contribution is 7.89. The fourth-order valence-electron chi connectivity index (χ4n) is 2.65. The Bertz CT molecular complexity index is 992. The molecule has 1 fully saturated rings. The van der Waals surface area contributed by atoms with Crippen molar-refractivity contribution in [1.29, 1.82) is 0 Å². The van der Waals surface area contributed by atoms with Crippen LogP contribution >= 0.6 is 23.8 Å². The number of carbonyl (C=O) groups excluding carboxylic acids is 1. The third kappa shape index (κ3) is 6.13. The lowest BCUT2D eigenvalue weighted by molar-refractivity contribution is -0.121. The van der Waals surface area contributed by atoms with Gasteiger partial charge in [-0.3, -0.25) is 10.1 Å². The average Bonchev–Trinajstić information content (AvgIpc) is 2.74. The number of amides is 1. The number of sulfonamides is 1. The molecule has 30 heavy (non-hydrogen) atoms. The third-order valence-corrected chi connectivity index (χ3v) is 6.53. The van der Waals surface area contributed by atoms with E-state index < -0.39 is 15.9 Å². The summed E-state index contributed by atoms with van der Waals surface area (Å²) in [5.41, 5.74) is 0.542. The molecule has 0 atom stereocenters. The largest absolute Gasteiger partial charge is 0.484 e. The fraction of sp³-hybridized carbons (Fsp3) is 0.263. The van der Waals surface area contributed by atoms with Crippen LogP contribution in [0.3, 0.4) is 0 Å². The zero-order chi connectivity index (χ0) is 21.6. The average molecular weight is 470 g/mol. The van der Waals surface area contributed by atoms with Gasteiger partial charge in [-0.1, -0.05) is 11.6 Å². The number of nitrogens with zero attached hydrogens (tertiary/aromatic N) is 1. The summed E-state index contributed by atoms with van der Waals surface area (Å²) in [4.78, 5) is 12.1. The molecule has 2 aromatic carbocycles. The van der Waals surface area contributed by atoms with E-state index in [9.17, 15) is 13.2 Å². The molecule has 2 N–H and O–H groups in total. The Morgan fingerprint density at radius 1 is 1.10 bits per heavy atom. The number of morpholine rings is 1. The van der Waals surface area contributed by atoms with Crippen LogP contribution in [-0.2, 0) is 19.6 Å². The molecule has 0 bridgehead atoms. The number of anilines is 1. The Morgan fingerprint density at radius 3 is 2.37 bits per heavy atom. The van der Waals surface area contributed by atoms with Crippen LogP contribution in [-0.4, -0.2) is 56.7 Å². The van der Waals surface area contributed by atoms with Crippen molar-refractivity contribution in [3.8, 4) is 5.75 Å². The SMILES string of the molecule is O=C(COc1ccc(Cl)cc1)NC(=S)Nc1ccc(S(=O)(=O)N2CCOCC2)cc1. The van der Waals surface area contributed by atoms with E-state index in [4.69, 9.17) is 33.3 Å².